The molecule has 94 valence electrons. The van der Waals surface area contributed by atoms with Gasteiger partial charge in [0.2, 0.25) is 0 Å². The summed E-state index contributed by atoms with van der Waals surface area (Å²) in [5, 5.41) is 3.15. The van der Waals surface area contributed by atoms with Crippen molar-refractivity contribution in [2.75, 3.05) is 11.9 Å². The highest BCUT2D eigenvalue weighted by atomic mass is 19.4. The van der Waals surface area contributed by atoms with Crippen LogP contribution in [0.25, 0.3) is 0 Å². The van der Waals surface area contributed by atoms with Crippen LogP contribution in [0.15, 0.2) is 24.3 Å². The van der Waals surface area contributed by atoms with Crippen molar-refractivity contribution >= 4 is 5.69 Å². The Kier molecular flexibility index (Phi) is 3.45. The van der Waals surface area contributed by atoms with Crippen LogP contribution in [0.4, 0.5) is 18.9 Å². The zero-order valence-corrected chi connectivity index (χ0v) is 9.26. The number of hydrogen-bond donors (Lipinski definition) is 1. The molecule has 1 N–H and O–H groups in total. The van der Waals surface area contributed by atoms with Crippen LogP contribution in [0.2, 0.25) is 0 Å². The van der Waals surface area contributed by atoms with E-state index < -0.39 is 12.6 Å². The molecular formula is C12H14F3NO. The Morgan fingerprint density at radius 1 is 1.29 bits per heavy atom. The van der Waals surface area contributed by atoms with Gasteiger partial charge in [0.1, 0.15) is 11.9 Å². The van der Waals surface area contributed by atoms with Crippen molar-refractivity contribution in [1.29, 1.82) is 0 Å². The number of ether oxygens (including phenoxy) is 1. The van der Waals surface area contributed by atoms with Gasteiger partial charge in [-0.2, -0.15) is 13.2 Å². The summed E-state index contributed by atoms with van der Waals surface area (Å²) in [7, 11) is 0. The maximum atomic E-state index is 12.0. The molecule has 0 spiro atoms. The normalized spacial score (nSPS) is 19.1. The molecule has 1 atom stereocenters. The Labute approximate surface area is 97.8 Å². The number of para-hydroxylation sites is 2. The molecule has 0 aromatic heterocycles. The fourth-order valence-electron chi connectivity index (χ4n) is 1.85. The van der Waals surface area contributed by atoms with E-state index in [-0.39, 0.29) is 12.5 Å². The minimum atomic E-state index is -4.07. The van der Waals surface area contributed by atoms with E-state index in [0.29, 0.717) is 13.0 Å². The van der Waals surface area contributed by atoms with Crippen molar-refractivity contribution in [2.45, 2.75) is 31.5 Å². The quantitative estimate of drug-likeness (QED) is 0.878. The number of anilines is 1. The molecule has 2 nitrogen and oxygen atoms in total. The minimum Gasteiger partial charge on any atom is -0.486 e. The first kappa shape index (κ1) is 12.1. The van der Waals surface area contributed by atoms with E-state index in [1.54, 1.807) is 0 Å². The second kappa shape index (κ2) is 4.85. The van der Waals surface area contributed by atoms with Gasteiger partial charge in [0, 0.05) is 6.42 Å². The Bertz CT molecular complexity index is 378. The molecule has 1 heterocycles. The summed E-state index contributed by atoms with van der Waals surface area (Å²) < 4.78 is 41.6. The van der Waals surface area contributed by atoms with E-state index in [1.165, 1.54) is 0 Å². The minimum absolute atomic E-state index is 0.109. The summed E-state index contributed by atoms with van der Waals surface area (Å²) in [4.78, 5) is 0. The number of benzene rings is 1. The van der Waals surface area contributed by atoms with Gasteiger partial charge in [-0.05, 0) is 25.0 Å². The first-order valence-electron chi connectivity index (χ1n) is 5.61. The molecule has 0 fully saturated rings. The highest BCUT2D eigenvalue weighted by Crippen LogP contribution is 2.30. The van der Waals surface area contributed by atoms with Gasteiger partial charge >= 0.3 is 6.18 Å². The monoisotopic (exact) mass is 245 g/mol. The third-order valence-corrected chi connectivity index (χ3v) is 2.69. The molecule has 5 heteroatoms. The molecule has 1 unspecified atom stereocenters. The fraction of sp³-hybridized carbons (Fsp3) is 0.500. The van der Waals surface area contributed by atoms with Crippen molar-refractivity contribution in [1.82, 2.24) is 0 Å². The number of fused-ring (bicyclic) bond motifs is 1. The van der Waals surface area contributed by atoms with Gasteiger partial charge in [-0.1, -0.05) is 12.1 Å². The number of hydrogen-bond acceptors (Lipinski definition) is 2. The van der Waals surface area contributed by atoms with Crippen LogP contribution < -0.4 is 10.1 Å². The highest BCUT2D eigenvalue weighted by Gasteiger charge is 2.27. The molecule has 0 amide bonds. The second-order valence-corrected chi connectivity index (χ2v) is 4.12. The van der Waals surface area contributed by atoms with Gasteiger partial charge in [-0.15, -0.1) is 0 Å². The van der Waals surface area contributed by atoms with E-state index in [9.17, 15) is 13.2 Å². The number of rotatable bonds is 3. The average Bonchev–Trinajstić information content (AvgIpc) is 2.27. The van der Waals surface area contributed by atoms with Crippen LogP contribution in [0, 0.1) is 0 Å². The Morgan fingerprint density at radius 3 is 2.82 bits per heavy atom. The SMILES string of the molecule is FC(F)(F)CCCC1CNc2ccccc2O1. The summed E-state index contributed by atoms with van der Waals surface area (Å²) in [5.41, 5.74) is 0.902. The maximum Gasteiger partial charge on any atom is 0.389 e. The average molecular weight is 245 g/mol. The first-order chi connectivity index (χ1) is 8.04. The van der Waals surface area contributed by atoms with E-state index in [4.69, 9.17) is 4.74 Å². The van der Waals surface area contributed by atoms with Crippen molar-refractivity contribution in [3.63, 3.8) is 0 Å². The van der Waals surface area contributed by atoms with Crippen molar-refractivity contribution in [2.24, 2.45) is 0 Å². The number of halogens is 3. The third kappa shape index (κ3) is 3.54. The van der Waals surface area contributed by atoms with E-state index in [1.807, 2.05) is 24.3 Å². The Hall–Kier alpha value is -1.39. The summed E-state index contributed by atoms with van der Waals surface area (Å²) in [6.45, 7) is 0.564. The molecule has 0 bridgehead atoms. The molecule has 1 aromatic carbocycles. The summed E-state index contributed by atoms with van der Waals surface area (Å²) in [6.07, 6.45) is -4.46. The van der Waals surface area contributed by atoms with Crippen LogP contribution in [0.1, 0.15) is 19.3 Å². The standard InChI is InChI=1S/C12H14F3NO/c13-12(14,15)7-3-4-9-8-16-10-5-1-2-6-11(10)17-9/h1-2,5-6,9,16H,3-4,7-8H2. The van der Waals surface area contributed by atoms with E-state index in [0.717, 1.165) is 11.4 Å². The number of nitrogens with one attached hydrogen (secondary N) is 1. The largest absolute Gasteiger partial charge is 0.486 e. The van der Waals surface area contributed by atoms with Crippen LogP contribution in [0.5, 0.6) is 5.75 Å². The van der Waals surface area contributed by atoms with Gasteiger partial charge in [0.15, 0.2) is 0 Å². The molecule has 1 aromatic rings. The number of alkyl halides is 3. The second-order valence-electron chi connectivity index (χ2n) is 4.12. The fourth-order valence-corrected chi connectivity index (χ4v) is 1.85. The highest BCUT2D eigenvalue weighted by molar-refractivity contribution is 5.57. The lowest BCUT2D eigenvalue weighted by Crippen LogP contribution is -2.30. The van der Waals surface area contributed by atoms with Gasteiger partial charge < -0.3 is 10.1 Å². The van der Waals surface area contributed by atoms with Crippen molar-refractivity contribution in [3.8, 4) is 5.75 Å². The van der Waals surface area contributed by atoms with Crippen molar-refractivity contribution < 1.29 is 17.9 Å². The zero-order valence-electron chi connectivity index (χ0n) is 9.26. The smallest absolute Gasteiger partial charge is 0.389 e. The van der Waals surface area contributed by atoms with E-state index in [2.05, 4.69) is 5.32 Å². The Morgan fingerprint density at radius 2 is 2.06 bits per heavy atom. The maximum absolute atomic E-state index is 12.0. The van der Waals surface area contributed by atoms with E-state index >= 15 is 0 Å². The molecule has 0 saturated carbocycles. The molecule has 0 aliphatic carbocycles. The summed E-state index contributed by atoms with van der Waals surface area (Å²) >= 11 is 0. The molecule has 0 radical (unpaired) electrons. The van der Waals surface area contributed by atoms with Crippen LogP contribution in [0.3, 0.4) is 0 Å². The lowest BCUT2D eigenvalue weighted by atomic mass is 10.1. The summed E-state index contributed by atoms with van der Waals surface area (Å²) in [6, 6.07) is 7.44. The van der Waals surface area contributed by atoms with Gasteiger partial charge in [-0.3, -0.25) is 0 Å². The summed E-state index contributed by atoms with van der Waals surface area (Å²) in [5.74, 6) is 0.718. The van der Waals surface area contributed by atoms with Crippen LogP contribution >= 0.6 is 0 Å². The predicted molar refractivity (Wildman–Crippen MR) is 59.3 cm³/mol. The third-order valence-electron chi connectivity index (χ3n) is 2.69. The molecule has 0 saturated heterocycles. The molecule has 1 aliphatic heterocycles. The zero-order chi connectivity index (χ0) is 12.3. The molecule has 1 aliphatic rings. The van der Waals surface area contributed by atoms with Gasteiger partial charge in [0.05, 0.1) is 12.2 Å². The lowest BCUT2D eigenvalue weighted by Gasteiger charge is -2.27. The molecule has 2 rings (SSSR count). The Balaban J connectivity index is 1.82. The van der Waals surface area contributed by atoms with Crippen LogP contribution in [-0.4, -0.2) is 18.8 Å². The van der Waals surface area contributed by atoms with Gasteiger partial charge in [-0.25, -0.2) is 0 Å². The molecular weight excluding hydrogens is 231 g/mol. The first-order valence-corrected chi connectivity index (χ1v) is 5.61. The van der Waals surface area contributed by atoms with Gasteiger partial charge in [0.25, 0.3) is 0 Å². The molecule has 17 heavy (non-hydrogen) atoms. The predicted octanol–water partition coefficient (Wildman–Crippen LogP) is 3.59. The topological polar surface area (TPSA) is 21.3 Å². The van der Waals surface area contributed by atoms with Crippen molar-refractivity contribution in [3.05, 3.63) is 24.3 Å². The van der Waals surface area contributed by atoms with Crippen LogP contribution in [-0.2, 0) is 0 Å². The lowest BCUT2D eigenvalue weighted by molar-refractivity contribution is -0.136.